The average Bonchev–Trinajstić information content (AvgIpc) is 2.84. The van der Waals surface area contributed by atoms with Gasteiger partial charge in [0.25, 0.3) is 0 Å². The number of rotatable bonds is 3. The predicted molar refractivity (Wildman–Crippen MR) is 113 cm³/mol. The number of benzene rings is 1. The SMILES string of the molecule is C1=CSC2=C3C(=C4CNCC(CCc5ccccc5)C4N3C1)CCC2.Cl. The summed E-state index contributed by atoms with van der Waals surface area (Å²) in [4.78, 5) is 4.38. The van der Waals surface area contributed by atoms with Crippen LogP contribution in [0.4, 0.5) is 0 Å². The lowest BCUT2D eigenvalue weighted by Crippen LogP contribution is -2.48. The van der Waals surface area contributed by atoms with Crippen molar-refractivity contribution in [1.29, 1.82) is 0 Å². The zero-order valence-electron chi connectivity index (χ0n) is 15.1. The Bertz CT molecular complexity index is 753. The molecule has 0 amide bonds. The number of aryl methyl sites for hydroxylation is 1. The lowest BCUT2D eigenvalue weighted by Gasteiger charge is -2.39. The molecule has 0 aromatic heterocycles. The second kappa shape index (κ2) is 7.84. The number of thioether (sulfide) groups is 1. The molecule has 1 N–H and O–H groups in total. The first kappa shape index (κ1) is 18.2. The summed E-state index contributed by atoms with van der Waals surface area (Å²) in [5.41, 5.74) is 6.50. The van der Waals surface area contributed by atoms with E-state index in [0.29, 0.717) is 12.0 Å². The Morgan fingerprint density at radius 1 is 1.15 bits per heavy atom. The third kappa shape index (κ3) is 3.15. The fourth-order valence-corrected chi connectivity index (χ4v) is 6.06. The second-order valence-electron chi connectivity index (χ2n) is 7.63. The number of nitrogens with zero attached hydrogens (tertiary/aromatic N) is 1. The highest BCUT2D eigenvalue weighted by Crippen LogP contribution is 2.49. The molecule has 1 aromatic carbocycles. The van der Waals surface area contributed by atoms with Crippen LogP contribution in [0.15, 0.2) is 63.6 Å². The van der Waals surface area contributed by atoms with Gasteiger partial charge >= 0.3 is 0 Å². The highest BCUT2D eigenvalue weighted by atomic mass is 35.5. The van der Waals surface area contributed by atoms with Crippen LogP contribution in [0.25, 0.3) is 0 Å². The summed E-state index contributed by atoms with van der Waals surface area (Å²) in [6.45, 7) is 3.35. The number of piperidine rings is 1. The molecule has 1 saturated heterocycles. The molecule has 3 aliphatic heterocycles. The maximum Gasteiger partial charge on any atom is 0.0565 e. The van der Waals surface area contributed by atoms with Gasteiger partial charge < -0.3 is 10.2 Å². The molecule has 1 aliphatic carbocycles. The van der Waals surface area contributed by atoms with Gasteiger partial charge in [-0.2, -0.15) is 0 Å². The first-order chi connectivity index (χ1) is 12.4. The third-order valence-electron chi connectivity index (χ3n) is 6.17. The van der Waals surface area contributed by atoms with E-state index in [2.05, 4.69) is 52.0 Å². The minimum atomic E-state index is 0. The lowest BCUT2D eigenvalue weighted by molar-refractivity contribution is 0.215. The summed E-state index contributed by atoms with van der Waals surface area (Å²) < 4.78 is 0. The summed E-state index contributed by atoms with van der Waals surface area (Å²) in [6, 6.07) is 11.6. The van der Waals surface area contributed by atoms with E-state index in [-0.39, 0.29) is 12.4 Å². The third-order valence-corrected chi connectivity index (χ3v) is 7.18. The summed E-state index contributed by atoms with van der Waals surface area (Å²) in [7, 11) is 0. The van der Waals surface area contributed by atoms with Crippen molar-refractivity contribution in [2.45, 2.75) is 38.1 Å². The van der Waals surface area contributed by atoms with Gasteiger partial charge in [-0.05, 0) is 60.1 Å². The minimum Gasteiger partial charge on any atom is -0.360 e. The number of hydrogen-bond acceptors (Lipinski definition) is 3. The Morgan fingerprint density at radius 2 is 2.04 bits per heavy atom. The topological polar surface area (TPSA) is 15.3 Å². The van der Waals surface area contributed by atoms with Gasteiger partial charge in [0.05, 0.1) is 11.7 Å². The molecule has 2 unspecified atom stereocenters. The fraction of sp³-hybridized carbons (Fsp3) is 0.455. The molecule has 0 bridgehead atoms. The molecule has 26 heavy (non-hydrogen) atoms. The van der Waals surface area contributed by atoms with Crippen LogP contribution >= 0.6 is 24.2 Å². The zero-order valence-corrected chi connectivity index (χ0v) is 16.7. The largest absolute Gasteiger partial charge is 0.360 e. The first-order valence-electron chi connectivity index (χ1n) is 9.70. The quantitative estimate of drug-likeness (QED) is 0.795. The van der Waals surface area contributed by atoms with E-state index in [1.807, 2.05) is 11.8 Å². The molecule has 4 aliphatic rings. The summed E-state index contributed by atoms with van der Waals surface area (Å²) in [5, 5.41) is 6.06. The molecule has 1 fully saturated rings. The van der Waals surface area contributed by atoms with Gasteiger partial charge in [-0.1, -0.05) is 36.4 Å². The van der Waals surface area contributed by atoms with Crippen LogP contribution in [0.5, 0.6) is 0 Å². The molecule has 0 radical (unpaired) electrons. The van der Waals surface area contributed by atoms with E-state index in [9.17, 15) is 0 Å². The van der Waals surface area contributed by atoms with Crippen LogP contribution in [0.1, 0.15) is 31.2 Å². The van der Waals surface area contributed by atoms with Gasteiger partial charge in [0, 0.05) is 24.5 Å². The van der Waals surface area contributed by atoms with E-state index in [1.165, 1.54) is 37.7 Å². The molecule has 2 nitrogen and oxygen atoms in total. The zero-order chi connectivity index (χ0) is 16.6. The van der Waals surface area contributed by atoms with E-state index >= 15 is 0 Å². The van der Waals surface area contributed by atoms with Crippen LogP contribution in [0, 0.1) is 5.92 Å². The van der Waals surface area contributed by atoms with Crippen LogP contribution in [-0.4, -0.2) is 30.6 Å². The molecule has 5 rings (SSSR count). The van der Waals surface area contributed by atoms with Crippen molar-refractivity contribution in [2.75, 3.05) is 19.6 Å². The fourth-order valence-electron chi connectivity index (χ4n) is 5.10. The van der Waals surface area contributed by atoms with Crippen LogP contribution in [0.3, 0.4) is 0 Å². The normalized spacial score (nSPS) is 27.0. The van der Waals surface area contributed by atoms with Crippen LogP contribution in [-0.2, 0) is 6.42 Å². The standard InChI is InChI=1S/C22H26N2S.ClH/c1-2-6-16(7-3-1)10-11-17-14-23-15-19-18-8-4-9-20-22(18)24(21(17)19)12-5-13-25-20;/h1-3,5-7,13,17,21,23H,4,8-12,14-15H2;1H. The molecule has 138 valence electrons. The highest BCUT2D eigenvalue weighted by molar-refractivity contribution is 8.05. The van der Waals surface area contributed by atoms with Gasteiger partial charge in [-0.3, -0.25) is 0 Å². The molecule has 2 atom stereocenters. The Morgan fingerprint density at radius 3 is 2.92 bits per heavy atom. The monoisotopic (exact) mass is 386 g/mol. The highest BCUT2D eigenvalue weighted by Gasteiger charge is 2.43. The average molecular weight is 387 g/mol. The summed E-state index contributed by atoms with van der Waals surface area (Å²) >= 11 is 1.98. The molecular weight excluding hydrogens is 360 g/mol. The van der Waals surface area contributed by atoms with Crippen molar-refractivity contribution in [2.24, 2.45) is 5.92 Å². The maximum atomic E-state index is 3.74. The maximum absolute atomic E-state index is 3.74. The van der Waals surface area contributed by atoms with E-state index < -0.39 is 0 Å². The van der Waals surface area contributed by atoms with Gasteiger partial charge in [0.1, 0.15) is 0 Å². The Balaban J connectivity index is 0.00000168. The van der Waals surface area contributed by atoms with Crippen molar-refractivity contribution < 1.29 is 0 Å². The second-order valence-corrected chi connectivity index (χ2v) is 8.63. The van der Waals surface area contributed by atoms with Gasteiger partial charge in [0.2, 0.25) is 0 Å². The molecule has 0 saturated carbocycles. The Kier molecular flexibility index (Phi) is 5.49. The van der Waals surface area contributed by atoms with Crippen LogP contribution < -0.4 is 5.32 Å². The number of halogens is 1. The van der Waals surface area contributed by atoms with Crippen molar-refractivity contribution in [3.63, 3.8) is 0 Å². The number of nitrogens with one attached hydrogen (secondary N) is 1. The van der Waals surface area contributed by atoms with Gasteiger partial charge in [-0.15, -0.1) is 24.2 Å². The minimum absolute atomic E-state index is 0. The molecular formula is C22H27ClN2S. The van der Waals surface area contributed by atoms with Crippen molar-refractivity contribution in [3.05, 3.63) is 69.1 Å². The van der Waals surface area contributed by atoms with Crippen LogP contribution in [0.2, 0.25) is 0 Å². The first-order valence-corrected chi connectivity index (χ1v) is 10.6. The summed E-state index contributed by atoms with van der Waals surface area (Å²) in [6.07, 6.45) is 8.72. The number of hydrogen-bond donors (Lipinski definition) is 1. The van der Waals surface area contributed by atoms with Crippen molar-refractivity contribution >= 4 is 24.2 Å². The molecule has 0 spiro atoms. The molecule has 4 heteroatoms. The number of fused-ring (bicyclic) bond motifs is 2. The van der Waals surface area contributed by atoms with Gasteiger partial charge in [0.15, 0.2) is 0 Å². The van der Waals surface area contributed by atoms with Crippen molar-refractivity contribution in [3.8, 4) is 0 Å². The van der Waals surface area contributed by atoms with E-state index in [0.717, 1.165) is 19.6 Å². The predicted octanol–water partition coefficient (Wildman–Crippen LogP) is 4.90. The smallest absolute Gasteiger partial charge is 0.0565 e. The summed E-state index contributed by atoms with van der Waals surface area (Å²) in [5.74, 6) is 0.715. The molecule has 1 aromatic rings. The number of allylic oxidation sites excluding steroid dienone is 2. The molecule has 3 heterocycles. The Hall–Kier alpha value is -1.16. The lowest BCUT2D eigenvalue weighted by atomic mass is 9.83. The van der Waals surface area contributed by atoms with E-state index in [1.54, 1.807) is 21.7 Å². The Labute approximate surface area is 167 Å². The van der Waals surface area contributed by atoms with E-state index in [4.69, 9.17) is 0 Å². The van der Waals surface area contributed by atoms with Crippen molar-refractivity contribution in [1.82, 2.24) is 10.2 Å². The van der Waals surface area contributed by atoms with Gasteiger partial charge in [-0.25, -0.2) is 0 Å².